The highest BCUT2D eigenvalue weighted by atomic mass is 19.4. The first-order valence-electron chi connectivity index (χ1n) is 7.07. The molecule has 4 heteroatoms. The predicted octanol–water partition coefficient (Wildman–Crippen LogP) is 5.40. The van der Waals surface area contributed by atoms with Crippen molar-refractivity contribution in [2.75, 3.05) is 7.05 Å². The van der Waals surface area contributed by atoms with Gasteiger partial charge in [0.15, 0.2) is 0 Å². The standard InChI is InChI=1S/C17H22F3N/c1-5-7-16(15-10-8-14(6-2)9-11-15)21(4)12-13(3)17(18,19)20/h7-12H,5-6H2,1-4H3/b13-12+,16-7-. The normalized spacial score (nSPS) is 13.5. The van der Waals surface area contributed by atoms with Crippen molar-refractivity contribution in [3.8, 4) is 0 Å². The van der Waals surface area contributed by atoms with Gasteiger partial charge in [-0.05, 0) is 30.9 Å². The second kappa shape index (κ2) is 7.34. The highest BCUT2D eigenvalue weighted by Crippen LogP contribution is 2.27. The number of aryl methyl sites for hydroxylation is 1. The maximum atomic E-state index is 12.6. The molecule has 1 aromatic carbocycles. The van der Waals surface area contributed by atoms with Crippen molar-refractivity contribution in [2.45, 2.75) is 39.8 Å². The molecule has 0 aliphatic heterocycles. The average molecular weight is 297 g/mol. The molecule has 0 aliphatic rings. The summed E-state index contributed by atoms with van der Waals surface area (Å²) in [4.78, 5) is 1.53. The van der Waals surface area contributed by atoms with Crippen LogP contribution in [0.4, 0.5) is 13.2 Å². The van der Waals surface area contributed by atoms with Crippen LogP contribution >= 0.6 is 0 Å². The van der Waals surface area contributed by atoms with Crippen molar-refractivity contribution in [2.24, 2.45) is 0 Å². The molecule has 0 bridgehead atoms. The number of hydrogen-bond acceptors (Lipinski definition) is 1. The first kappa shape index (κ1) is 17.3. The molecule has 1 aromatic rings. The highest BCUT2D eigenvalue weighted by molar-refractivity contribution is 5.65. The Bertz CT molecular complexity index is 510. The van der Waals surface area contributed by atoms with Gasteiger partial charge in [-0.15, -0.1) is 0 Å². The first-order valence-corrected chi connectivity index (χ1v) is 7.07. The van der Waals surface area contributed by atoms with Gasteiger partial charge in [-0.1, -0.05) is 44.2 Å². The molecule has 0 saturated heterocycles. The largest absolute Gasteiger partial charge is 0.413 e. The van der Waals surface area contributed by atoms with Gasteiger partial charge in [-0.2, -0.15) is 13.2 Å². The van der Waals surface area contributed by atoms with Gasteiger partial charge in [0.1, 0.15) is 0 Å². The van der Waals surface area contributed by atoms with Crippen LogP contribution in [-0.2, 0) is 6.42 Å². The van der Waals surface area contributed by atoms with Crippen LogP contribution in [0.5, 0.6) is 0 Å². The Labute approximate surface area is 124 Å². The topological polar surface area (TPSA) is 3.24 Å². The van der Waals surface area contributed by atoms with E-state index in [9.17, 15) is 13.2 Å². The van der Waals surface area contributed by atoms with Crippen molar-refractivity contribution >= 4 is 5.70 Å². The zero-order valence-corrected chi connectivity index (χ0v) is 13.0. The third-order valence-electron chi connectivity index (χ3n) is 3.27. The minimum atomic E-state index is -4.29. The van der Waals surface area contributed by atoms with Crippen LogP contribution in [-0.4, -0.2) is 18.1 Å². The molecule has 0 saturated carbocycles. The summed E-state index contributed by atoms with van der Waals surface area (Å²) in [6.07, 6.45) is 0.470. The third kappa shape index (κ3) is 4.96. The number of alkyl halides is 3. The maximum Gasteiger partial charge on any atom is 0.413 e. The Balaban J connectivity index is 3.09. The van der Waals surface area contributed by atoms with Crippen molar-refractivity contribution in [1.29, 1.82) is 0 Å². The lowest BCUT2D eigenvalue weighted by Gasteiger charge is -2.21. The van der Waals surface area contributed by atoms with Crippen molar-refractivity contribution < 1.29 is 13.2 Å². The van der Waals surface area contributed by atoms with Gasteiger partial charge in [0.25, 0.3) is 0 Å². The molecule has 0 spiro atoms. The van der Waals surface area contributed by atoms with Gasteiger partial charge in [-0.25, -0.2) is 0 Å². The summed E-state index contributed by atoms with van der Waals surface area (Å²) < 4.78 is 37.9. The molecule has 0 aromatic heterocycles. The molecule has 0 heterocycles. The van der Waals surface area contributed by atoms with Gasteiger partial charge in [-0.3, -0.25) is 0 Å². The van der Waals surface area contributed by atoms with E-state index in [4.69, 9.17) is 0 Å². The monoisotopic (exact) mass is 297 g/mol. The molecule has 21 heavy (non-hydrogen) atoms. The van der Waals surface area contributed by atoms with Crippen LogP contribution < -0.4 is 0 Å². The lowest BCUT2D eigenvalue weighted by atomic mass is 10.1. The minimum Gasteiger partial charge on any atom is -0.351 e. The summed E-state index contributed by atoms with van der Waals surface area (Å²) in [5.74, 6) is 0. The number of benzene rings is 1. The van der Waals surface area contributed by atoms with Crippen LogP contribution in [0, 0.1) is 0 Å². The Kier molecular flexibility index (Phi) is 6.06. The van der Waals surface area contributed by atoms with E-state index in [1.165, 1.54) is 10.5 Å². The second-order valence-electron chi connectivity index (χ2n) is 4.97. The quantitative estimate of drug-likeness (QED) is 0.703. The van der Waals surface area contributed by atoms with Crippen LogP contribution in [0.15, 0.2) is 42.1 Å². The smallest absolute Gasteiger partial charge is 0.351 e. The molecular formula is C17H22F3N. The van der Waals surface area contributed by atoms with Crippen LogP contribution in [0.3, 0.4) is 0 Å². The summed E-state index contributed by atoms with van der Waals surface area (Å²) in [5.41, 5.74) is 2.29. The molecule has 1 rings (SSSR count). The summed E-state index contributed by atoms with van der Waals surface area (Å²) in [5, 5.41) is 0. The lowest BCUT2D eigenvalue weighted by molar-refractivity contribution is -0.0921. The molecule has 0 unspecified atom stereocenters. The minimum absolute atomic E-state index is 0.614. The van der Waals surface area contributed by atoms with E-state index in [-0.39, 0.29) is 0 Å². The molecule has 0 amide bonds. The zero-order chi connectivity index (χ0) is 16.0. The lowest BCUT2D eigenvalue weighted by Crippen LogP contribution is -2.16. The molecule has 1 nitrogen and oxygen atoms in total. The van der Waals surface area contributed by atoms with E-state index in [2.05, 4.69) is 6.92 Å². The summed E-state index contributed by atoms with van der Waals surface area (Å²) >= 11 is 0. The summed E-state index contributed by atoms with van der Waals surface area (Å²) in [6.45, 7) is 5.12. The summed E-state index contributed by atoms with van der Waals surface area (Å²) in [7, 11) is 1.64. The SMILES string of the molecule is CC/C=C(/c1ccc(CC)cc1)N(C)/C=C(\C)C(F)(F)F. The van der Waals surface area contributed by atoms with Gasteiger partial charge < -0.3 is 4.90 Å². The Hall–Kier alpha value is -1.71. The molecule has 116 valence electrons. The number of allylic oxidation sites excluding steroid dienone is 2. The molecule has 0 aliphatic carbocycles. The van der Waals surface area contributed by atoms with E-state index in [0.717, 1.165) is 37.2 Å². The number of hydrogen-bond donors (Lipinski definition) is 0. The van der Waals surface area contributed by atoms with Crippen molar-refractivity contribution in [1.82, 2.24) is 4.90 Å². The fourth-order valence-electron chi connectivity index (χ4n) is 2.00. The number of nitrogens with zero attached hydrogens (tertiary/aromatic N) is 1. The number of rotatable bonds is 5. The number of halogens is 3. The Morgan fingerprint density at radius 3 is 2.14 bits per heavy atom. The zero-order valence-electron chi connectivity index (χ0n) is 13.0. The van der Waals surface area contributed by atoms with Gasteiger partial charge in [0.05, 0.1) is 0 Å². The fraction of sp³-hybridized carbons (Fsp3) is 0.412. The van der Waals surface area contributed by atoms with Crippen LogP contribution in [0.2, 0.25) is 0 Å². The third-order valence-corrected chi connectivity index (χ3v) is 3.27. The van der Waals surface area contributed by atoms with E-state index in [1.54, 1.807) is 7.05 Å². The molecule has 0 atom stereocenters. The average Bonchev–Trinajstić information content (AvgIpc) is 2.43. The molecular weight excluding hydrogens is 275 g/mol. The van der Waals surface area contributed by atoms with Crippen LogP contribution in [0.25, 0.3) is 5.70 Å². The Morgan fingerprint density at radius 2 is 1.71 bits per heavy atom. The molecule has 0 N–H and O–H groups in total. The van der Waals surface area contributed by atoms with E-state index >= 15 is 0 Å². The van der Waals surface area contributed by atoms with Gasteiger partial charge in [0, 0.05) is 24.5 Å². The van der Waals surface area contributed by atoms with E-state index in [1.807, 2.05) is 37.3 Å². The van der Waals surface area contributed by atoms with Gasteiger partial charge >= 0.3 is 6.18 Å². The van der Waals surface area contributed by atoms with Crippen LogP contribution in [0.1, 0.15) is 38.3 Å². The molecule has 0 fully saturated rings. The first-order chi connectivity index (χ1) is 9.79. The summed E-state index contributed by atoms with van der Waals surface area (Å²) in [6, 6.07) is 7.92. The fourth-order valence-corrected chi connectivity index (χ4v) is 2.00. The van der Waals surface area contributed by atoms with E-state index in [0.29, 0.717) is 0 Å². The van der Waals surface area contributed by atoms with Crippen molar-refractivity contribution in [3.05, 3.63) is 53.2 Å². The highest BCUT2D eigenvalue weighted by Gasteiger charge is 2.30. The predicted molar refractivity (Wildman–Crippen MR) is 81.7 cm³/mol. The molecule has 0 radical (unpaired) electrons. The Morgan fingerprint density at radius 1 is 1.14 bits per heavy atom. The maximum absolute atomic E-state index is 12.6. The van der Waals surface area contributed by atoms with Gasteiger partial charge in [0.2, 0.25) is 0 Å². The second-order valence-corrected chi connectivity index (χ2v) is 4.97. The van der Waals surface area contributed by atoms with Crippen molar-refractivity contribution in [3.63, 3.8) is 0 Å². The van der Waals surface area contributed by atoms with E-state index < -0.39 is 11.7 Å².